The van der Waals surface area contributed by atoms with Crippen molar-refractivity contribution in [2.24, 2.45) is 0 Å². The zero-order valence-electron chi connectivity index (χ0n) is 10.9. The lowest BCUT2D eigenvalue weighted by Gasteiger charge is -2.08. The summed E-state index contributed by atoms with van der Waals surface area (Å²) in [6.45, 7) is 0. The molecule has 0 aliphatic carbocycles. The average molecular weight is 303 g/mol. The van der Waals surface area contributed by atoms with Crippen molar-refractivity contribution in [3.8, 4) is 0 Å². The van der Waals surface area contributed by atoms with E-state index < -0.39 is 11.9 Å². The number of hydrogen-bond donors (Lipinski definition) is 3. The van der Waals surface area contributed by atoms with Crippen LogP contribution in [-0.2, 0) is 5.75 Å². The Hall–Kier alpha value is -2.47. The molecule has 0 saturated carbocycles. The molecule has 0 bridgehead atoms. The molecular formula is C15H13NO4S. The summed E-state index contributed by atoms with van der Waals surface area (Å²) >= 11 is 1.28. The molecule has 2 aromatic rings. The summed E-state index contributed by atoms with van der Waals surface area (Å²) in [6.07, 6.45) is 0. The largest absolute Gasteiger partial charge is 0.478 e. The first-order valence-electron chi connectivity index (χ1n) is 6.06. The van der Waals surface area contributed by atoms with Gasteiger partial charge < -0.3 is 15.9 Å². The van der Waals surface area contributed by atoms with Crippen LogP contribution in [0.2, 0.25) is 0 Å². The van der Waals surface area contributed by atoms with E-state index in [0.29, 0.717) is 21.9 Å². The molecule has 0 aromatic heterocycles. The lowest BCUT2D eigenvalue weighted by Crippen LogP contribution is -2.03. The van der Waals surface area contributed by atoms with E-state index in [1.165, 1.54) is 23.9 Å². The highest BCUT2D eigenvalue weighted by Gasteiger charge is 2.13. The molecule has 0 fully saturated rings. The minimum absolute atomic E-state index is 0.135. The Morgan fingerprint density at radius 2 is 1.67 bits per heavy atom. The topological polar surface area (TPSA) is 101 Å². The van der Waals surface area contributed by atoms with Crippen LogP contribution in [0.15, 0.2) is 47.4 Å². The van der Waals surface area contributed by atoms with E-state index in [0.717, 1.165) is 0 Å². The summed E-state index contributed by atoms with van der Waals surface area (Å²) in [5.41, 5.74) is 6.91. The second kappa shape index (κ2) is 6.32. The summed E-state index contributed by atoms with van der Waals surface area (Å²) in [5, 5.41) is 18.3. The van der Waals surface area contributed by atoms with Crippen molar-refractivity contribution in [2.45, 2.75) is 10.6 Å². The SMILES string of the molecule is Nc1ccc(CSc2ccccc2C(=O)O)c(C(=O)O)c1. The van der Waals surface area contributed by atoms with Gasteiger partial charge in [0, 0.05) is 16.3 Å². The van der Waals surface area contributed by atoms with Gasteiger partial charge in [-0.3, -0.25) is 0 Å². The van der Waals surface area contributed by atoms with E-state index in [9.17, 15) is 14.7 Å². The van der Waals surface area contributed by atoms with Crippen LogP contribution in [0.5, 0.6) is 0 Å². The van der Waals surface area contributed by atoms with Gasteiger partial charge in [0.05, 0.1) is 11.1 Å². The van der Waals surface area contributed by atoms with E-state index in [1.807, 2.05) is 0 Å². The van der Waals surface area contributed by atoms with Crippen LogP contribution in [0.4, 0.5) is 5.69 Å². The molecular weight excluding hydrogens is 290 g/mol. The smallest absolute Gasteiger partial charge is 0.336 e. The van der Waals surface area contributed by atoms with Gasteiger partial charge >= 0.3 is 11.9 Å². The molecule has 21 heavy (non-hydrogen) atoms. The first-order valence-corrected chi connectivity index (χ1v) is 7.04. The van der Waals surface area contributed by atoms with E-state index in [1.54, 1.807) is 30.3 Å². The Morgan fingerprint density at radius 3 is 2.33 bits per heavy atom. The van der Waals surface area contributed by atoms with Crippen LogP contribution in [0.1, 0.15) is 26.3 Å². The Kier molecular flexibility index (Phi) is 4.49. The number of carbonyl (C=O) groups is 2. The molecule has 0 aliphatic heterocycles. The van der Waals surface area contributed by atoms with Gasteiger partial charge in [-0.2, -0.15) is 0 Å². The molecule has 6 heteroatoms. The molecule has 4 N–H and O–H groups in total. The third kappa shape index (κ3) is 3.55. The summed E-state index contributed by atoms with van der Waals surface area (Å²) < 4.78 is 0. The molecule has 0 atom stereocenters. The van der Waals surface area contributed by atoms with Crippen LogP contribution >= 0.6 is 11.8 Å². The second-order valence-corrected chi connectivity index (χ2v) is 5.33. The highest BCUT2D eigenvalue weighted by Crippen LogP contribution is 2.28. The number of benzene rings is 2. The molecule has 0 saturated heterocycles. The van der Waals surface area contributed by atoms with Crippen LogP contribution in [-0.4, -0.2) is 22.2 Å². The second-order valence-electron chi connectivity index (χ2n) is 4.31. The van der Waals surface area contributed by atoms with Gasteiger partial charge in [-0.25, -0.2) is 9.59 Å². The predicted octanol–water partition coefficient (Wildman–Crippen LogP) is 2.96. The zero-order valence-corrected chi connectivity index (χ0v) is 11.8. The summed E-state index contributed by atoms with van der Waals surface area (Å²) in [7, 11) is 0. The fourth-order valence-corrected chi connectivity index (χ4v) is 2.89. The van der Waals surface area contributed by atoms with Gasteiger partial charge in [-0.05, 0) is 29.8 Å². The van der Waals surface area contributed by atoms with Gasteiger partial charge in [0.2, 0.25) is 0 Å². The van der Waals surface area contributed by atoms with Crippen molar-refractivity contribution in [1.82, 2.24) is 0 Å². The molecule has 5 nitrogen and oxygen atoms in total. The maximum Gasteiger partial charge on any atom is 0.336 e. The van der Waals surface area contributed by atoms with Gasteiger partial charge in [-0.1, -0.05) is 18.2 Å². The number of carboxylic acid groups (broad SMARTS) is 2. The van der Waals surface area contributed by atoms with Gasteiger partial charge in [0.25, 0.3) is 0 Å². The van der Waals surface area contributed by atoms with E-state index in [4.69, 9.17) is 10.8 Å². The number of hydrogen-bond acceptors (Lipinski definition) is 4. The molecule has 0 heterocycles. The number of thioether (sulfide) groups is 1. The fourth-order valence-electron chi connectivity index (χ4n) is 1.84. The third-order valence-electron chi connectivity index (χ3n) is 2.86. The number of anilines is 1. The first kappa shape index (κ1) is 14.9. The molecule has 2 rings (SSSR count). The Labute approximate surface area is 125 Å². The summed E-state index contributed by atoms with van der Waals surface area (Å²) in [5.74, 6) is -1.70. The quantitative estimate of drug-likeness (QED) is 0.580. The standard InChI is InChI=1S/C15H13NO4S/c16-10-6-5-9(12(7-10)15(19)20)8-21-13-4-2-1-3-11(13)14(17)18/h1-7H,8,16H2,(H,17,18)(H,19,20). The average Bonchev–Trinajstić information content (AvgIpc) is 2.46. The normalized spacial score (nSPS) is 10.3. The maximum absolute atomic E-state index is 11.2. The molecule has 108 valence electrons. The number of nitrogens with two attached hydrogens (primary N) is 1. The number of aromatic carboxylic acids is 2. The molecule has 0 aliphatic rings. The van der Waals surface area contributed by atoms with Crippen molar-refractivity contribution < 1.29 is 19.8 Å². The van der Waals surface area contributed by atoms with Crippen LogP contribution in [0.25, 0.3) is 0 Å². The van der Waals surface area contributed by atoms with Gasteiger partial charge in [-0.15, -0.1) is 11.8 Å². The number of nitrogen functional groups attached to an aromatic ring is 1. The summed E-state index contributed by atoms with van der Waals surface area (Å²) in [6, 6.07) is 11.3. The van der Waals surface area contributed by atoms with Crippen molar-refractivity contribution in [2.75, 3.05) is 5.73 Å². The molecule has 0 amide bonds. The Morgan fingerprint density at radius 1 is 1.00 bits per heavy atom. The van der Waals surface area contributed by atoms with Crippen LogP contribution < -0.4 is 5.73 Å². The highest BCUT2D eigenvalue weighted by molar-refractivity contribution is 7.98. The zero-order chi connectivity index (χ0) is 15.4. The lowest BCUT2D eigenvalue weighted by atomic mass is 10.1. The Balaban J connectivity index is 2.25. The van der Waals surface area contributed by atoms with Crippen molar-refractivity contribution in [1.29, 1.82) is 0 Å². The van der Waals surface area contributed by atoms with Crippen molar-refractivity contribution >= 4 is 29.4 Å². The monoisotopic (exact) mass is 303 g/mol. The van der Waals surface area contributed by atoms with Crippen LogP contribution in [0.3, 0.4) is 0 Å². The van der Waals surface area contributed by atoms with Crippen molar-refractivity contribution in [3.63, 3.8) is 0 Å². The van der Waals surface area contributed by atoms with Gasteiger partial charge in [0.1, 0.15) is 0 Å². The summed E-state index contributed by atoms with van der Waals surface area (Å²) in [4.78, 5) is 22.9. The van der Waals surface area contributed by atoms with E-state index >= 15 is 0 Å². The third-order valence-corrected chi connectivity index (χ3v) is 3.99. The minimum atomic E-state index is -1.05. The molecule has 0 unspecified atom stereocenters. The number of rotatable bonds is 5. The molecule has 0 spiro atoms. The maximum atomic E-state index is 11.2. The Bertz CT molecular complexity index is 700. The lowest BCUT2D eigenvalue weighted by molar-refractivity contribution is 0.0683. The van der Waals surface area contributed by atoms with Crippen LogP contribution in [0, 0.1) is 0 Å². The minimum Gasteiger partial charge on any atom is -0.478 e. The first-order chi connectivity index (χ1) is 9.99. The molecule has 0 radical (unpaired) electrons. The highest BCUT2D eigenvalue weighted by atomic mass is 32.2. The molecule has 2 aromatic carbocycles. The number of carboxylic acids is 2. The van der Waals surface area contributed by atoms with Crippen molar-refractivity contribution in [3.05, 3.63) is 59.2 Å². The van der Waals surface area contributed by atoms with E-state index in [-0.39, 0.29) is 11.1 Å². The predicted molar refractivity (Wildman–Crippen MR) is 80.8 cm³/mol. The fraction of sp³-hybridized carbons (Fsp3) is 0.0667. The van der Waals surface area contributed by atoms with E-state index in [2.05, 4.69) is 0 Å². The van der Waals surface area contributed by atoms with Gasteiger partial charge in [0.15, 0.2) is 0 Å².